The van der Waals surface area contributed by atoms with Crippen LogP contribution < -0.4 is 0 Å². The maximum atomic E-state index is 12.7. The Bertz CT molecular complexity index is 630. The molecule has 1 aromatic carbocycles. The third-order valence-corrected chi connectivity index (χ3v) is 3.41. The van der Waals surface area contributed by atoms with Crippen LogP contribution in [0.3, 0.4) is 0 Å². The molecule has 0 aliphatic rings. The Hall–Kier alpha value is -2.03. The van der Waals surface area contributed by atoms with E-state index in [1.165, 1.54) is 28.9 Å². The number of carbonyl (C=O) groups is 1. The fourth-order valence-electron chi connectivity index (χ4n) is 1.87. The van der Waals surface area contributed by atoms with E-state index < -0.39 is 11.7 Å². The number of nitrogens with one attached hydrogen (secondary N) is 1. The zero-order valence-corrected chi connectivity index (χ0v) is 12.4. The van der Waals surface area contributed by atoms with Crippen molar-refractivity contribution >= 4 is 17.7 Å². The largest absolute Gasteiger partial charge is 0.416 e. The molecule has 2 rings (SSSR count). The number of rotatable bonds is 5. The van der Waals surface area contributed by atoms with E-state index in [1.807, 2.05) is 0 Å². The number of aromatic nitrogens is 3. The van der Waals surface area contributed by atoms with Crippen molar-refractivity contribution in [2.45, 2.75) is 12.7 Å². The van der Waals surface area contributed by atoms with Crippen LogP contribution in [0.5, 0.6) is 0 Å². The molecule has 118 valence electrons. The minimum Gasteiger partial charge on any atom is -0.324 e. The van der Waals surface area contributed by atoms with Crippen molar-refractivity contribution in [3.8, 4) is 0 Å². The van der Waals surface area contributed by atoms with E-state index in [0.717, 1.165) is 12.1 Å². The Morgan fingerprint density at radius 3 is 2.77 bits per heavy atom. The van der Waals surface area contributed by atoms with Gasteiger partial charge < -0.3 is 4.90 Å². The SMILES string of the molecule is CSCN(Cc1cccc(C(F)(F)F)c1)C(=O)c1c[nH]nn1. The second kappa shape index (κ2) is 6.82. The molecule has 0 radical (unpaired) electrons. The monoisotopic (exact) mass is 330 g/mol. The summed E-state index contributed by atoms with van der Waals surface area (Å²) < 4.78 is 38.2. The minimum atomic E-state index is -4.41. The smallest absolute Gasteiger partial charge is 0.324 e. The number of benzene rings is 1. The molecule has 0 fully saturated rings. The number of hydrogen-bond donors (Lipinski definition) is 1. The third kappa shape index (κ3) is 4.00. The fraction of sp³-hybridized carbons (Fsp3) is 0.308. The lowest BCUT2D eigenvalue weighted by Crippen LogP contribution is -2.30. The first-order valence-corrected chi connectivity index (χ1v) is 7.62. The third-order valence-electron chi connectivity index (χ3n) is 2.84. The first-order valence-electron chi connectivity index (χ1n) is 6.22. The summed E-state index contributed by atoms with van der Waals surface area (Å²) in [6, 6.07) is 4.93. The summed E-state index contributed by atoms with van der Waals surface area (Å²) in [6.45, 7) is 0.0659. The summed E-state index contributed by atoms with van der Waals surface area (Å²) in [7, 11) is 0. The van der Waals surface area contributed by atoms with Gasteiger partial charge in [0.2, 0.25) is 0 Å². The second-order valence-corrected chi connectivity index (χ2v) is 5.31. The number of thioether (sulfide) groups is 1. The van der Waals surface area contributed by atoms with Crippen LogP contribution in [0.4, 0.5) is 13.2 Å². The molecule has 22 heavy (non-hydrogen) atoms. The van der Waals surface area contributed by atoms with Crippen molar-refractivity contribution in [2.24, 2.45) is 0 Å². The molecule has 1 amide bonds. The standard InChI is InChI=1S/C13H13F3N4OS/c1-22-8-20(12(21)11-6-17-19-18-11)7-9-3-2-4-10(5-9)13(14,15)16/h2-6H,7-8H2,1H3,(H,17,18,19). The van der Waals surface area contributed by atoms with Gasteiger partial charge in [-0.1, -0.05) is 17.3 Å². The number of aromatic amines is 1. The van der Waals surface area contributed by atoms with Crippen LogP contribution in [0.25, 0.3) is 0 Å². The Morgan fingerprint density at radius 1 is 1.41 bits per heavy atom. The topological polar surface area (TPSA) is 61.9 Å². The van der Waals surface area contributed by atoms with Crippen molar-refractivity contribution in [3.05, 3.63) is 47.3 Å². The molecule has 5 nitrogen and oxygen atoms in total. The Labute approximate surface area is 128 Å². The van der Waals surface area contributed by atoms with Crippen molar-refractivity contribution < 1.29 is 18.0 Å². The van der Waals surface area contributed by atoms with Crippen molar-refractivity contribution in [3.63, 3.8) is 0 Å². The Kier molecular flexibility index (Phi) is 5.07. The summed E-state index contributed by atoms with van der Waals surface area (Å²) in [5, 5.41) is 9.53. The van der Waals surface area contributed by atoms with E-state index in [9.17, 15) is 18.0 Å². The van der Waals surface area contributed by atoms with Gasteiger partial charge in [-0.3, -0.25) is 9.89 Å². The van der Waals surface area contributed by atoms with E-state index >= 15 is 0 Å². The number of H-pyrrole nitrogens is 1. The molecule has 1 heterocycles. The van der Waals surface area contributed by atoms with Crippen molar-refractivity contribution in [1.29, 1.82) is 0 Å². The average Bonchev–Trinajstić information content (AvgIpc) is 3.00. The van der Waals surface area contributed by atoms with Gasteiger partial charge in [-0.25, -0.2) is 0 Å². The maximum absolute atomic E-state index is 12.7. The number of nitrogens with zero attached hydrogens (tertiary/aromatic N) is 3. The molecule has 0 atom stereocenters. The first-order chi connectivity index (χ1) is 10.4. The molecule has 9 heteroatoms. The van der Waals surface area contributed by atoms with Gasteiger partial charge in [-0.15, -0.1) is 16.9 Å². The lowest BCUT2D eigenvalue weighted by molar-refractivity contribution is -0.137. The predicted molar refractivity (Wildman–Crippen MR) is 76.1 cm³/mol. The molecular weight excluding hydrogens is 317 g/mol. The van der Waals surface area contributed by atoms with Crippen molar-refractivity contribution in [1.82, 2.24) is 20.3 Å². The van der Waals surface area contributed by atoms with E-state index in [-0.39, 0.29) is 18.1 Å². The molecule has 0 aliphatic carbocycles. The zero-order valence-electron chi connectivity index (χ0n) is 11.6. The van der Waals surface area contributed by atoms with Crippen molar-refractivity contribution in [2.75, 3.05) is 12.1 Å². The van der Waals surface area contributed by atoms with Crippen LogP contribution in [-0.2, 0) is 12.7 Å². The molecule has 1 N–H and O–H groups in total. The predicted octanol–water partition coefficient (Wildman–Crippen LogP) is 2.79. The van der Waals surface area contributed by atoms with Gasteiger partial charge in [0.15, 0.2) is 5.69 Å². The van der Waals surface area contributed by atoms with E-state index in [2.05, 4.69) is 15.4 Å². The normalized spacial score (nSPS) is 11.5. The molecule has 0 unspecified atom stereocenters. The molecular formula is C13H13F3N4OS. The van der Waals surface area contributed by atoms with E-state index in [4.69, 9.17) is 0 Å². The lowest BCUT2D eigenvalue weighted by Gasteiger charge is -2.21. The summed E-state index contributed by atoms with van der Waals surface area (Å²) in [6.07, 6.45) is -1.26. The second-order valence-electron chi connectivity index (χ2n) is 4.48. The van der Waals surface area contributed by atoms with Crippen LogP contribution in [0.2, 0.25) is 0 Å². The summed E-state index contributed by atoms with van der Waals surface area (Å²) in [5.74, 6) is -0.0532. The lowest BCUT2D eigenvalue weighted by atomic mass is 10.1. The summed E-state index contributed by atoms with van der Waals surface area (Å²) in [4.78, 5) is 13.7. The average molecular weight is 330 g/mol. The van der Waals surface area contributed by atoms with Gasteiger partial charge >= 0.3 is 6.18 Å². The highest BCUT2D eigenvalue weighted by Gasteiger charge is 2.30. The van der Waals surface area contributed by atoms with Crippen LogP contribution in [-0.4, -0.2) is 38.4 Å². The van der Waals surface area contributed by atoms with Gasteiger partial charge in [-0.05, 0) is 24.0 Å². The molecule has 0 aliphatic heterocycles. The van der Waals surface area contributed by atoms with Gasteiger partial charge in [0.1, 0.15) is 0 Å². The van der Waals surface area contributed by atoms with Gasteiger partial charge in [0, 0.05) is 6.54 Å². The number of hydrogen-bond acceptors (Lipinski definition) is 4. The highest BCUT2D eigenvalue weighted by atomic mass is 32.2. The first kappa shape index (κ1) is 16.3. The number of carbonyl (C=O) groups excluding carboxylic acids is 1. The highest BCUT2D eigenvalue weighted by Crippen LogP contribution is 2.29. The summed E-state index contributed by atoms with van der Waals surface area (Å²) >= 11 is 1.39. The molecule has 0 saturated heterocycles. The van der Waals surface area contributed by atoms with Gasteiger partial charge in [0.25, 0.3) is 5.91 Å². The number of amides is 1. The number of halogens is 3. The highest BCUT2D eigenvalue weighted by molar-refractivity contribution is 7.98. The van der Waals surface area contributed by atoms with Crippen LogP contribution >= 0.6 is 11.8 Å². The van der Waals surface area contributed by atoms with Crippen LogP contribution in [0.1, 0.15) is 21.6 Å². The Balaban J connectivity index is 2.19. The quantitative estimate of drug-likeness (QED) is 0.857. The minimum absolute atomic E-state index is 0.0659. The van der Waals surface area contributed by atoms with Crippen LogP contribution in [0, 0.1) is 0 Å². The molecule has 0 bridgehead atoms. The fourth-order valence-corrected chi connectivity index (χ4v) is 2.39. The Morgan fingerprint density at radius 2 is 2.18 bits per heavy atom. The maximum Gasteiger partial charge on any atom is 0.416 e. The van der Waals surface area contributed by atoms with Crippen LogP contribution in [0.15, 0.2) is 30.5 Å². The molecule has 0 saturated carbocycles. The van der Waals surface area contributed by atoms with Gasteiger partial charge in [-0.2, -0.15) is 13.2 Å². The van der Waals surface area contributed by atoms with Gasteiger partial charge in [0.05, 0.1) is 17.6 Å². The molecule has 0 spiro atoms. The van der Waals surface area contributed by atoms with E-state index in [1.54, 1.807) is 12.3 Å². The van der Waals surface area contributed by atoms with E-state index in [0.29, 0.717) is 11.4 Å². The molecule has 2 aromatic rings. The zero-order chi connectivity index (χ0) is 16.2. The summed E-state index contributed by atoms with van der Waals surface area (Å²) in [5.41, 5.74) is -0.204. The molecule has 1 aromatic heterocycles. The number of alkyl halides is 3.